The summed E-state index contributed by atoms with van der Waals surface area (Å²) < 4.78 is 4.73. The Kier molecular flexibility index (Phi) is 4.52. The lowest BCUT2D eigenvalue weighted by Crippen LogP contribution is -2.04. The standard InChI is InChI=1S/C41H23N5/c1-2-11-24(12-3-1)37-29-17-10-20-42-40(29)44-41(43-37)46-34-19-9-7-16-28(34)31-23-30-27-15-6-8-18-33(27)45-35-22-26-14-5-4-13-25(26)21-32(35)36(38(30)45)39(31)46/h1-23H. The molecule has 0 fully saturated rings. The van der Waals surface area contributed by atoms with Crippen LogP contribution in [0.15, 0.2) is 140 Å². The summed E-state index contributed by atoms with van der Waals surface area (Å²) in [5.41, 5.74) is 8.41. The minimum absolute atomic E-state index is 0.615. The van der Waals surface area contributed by atoms with E-state index < -0.39 is 0 Å². The van der Waals surface area contributed by atoms with E-state index in [9.17, 15) is 0 Å². The zero-order valence-corrected chi connectivity index (χ0v) is 24.5. The van der Waals surface area contributed by atoms with Crippen LogP contribution in [0, 0.1) is 0 Å². The molecule has 0 bridgehead atoms. The minimum Gasteiger partial charge on any atom is -0.308 e. The Bertz CT molecular complexity index is 3020. The molecule has 0 N–H and O–H groups in total. The fourth-order valence-electron chi connectivity index (χ4n) is 7.76. The molecule has 11 aromatic rings. The number of hydrogen-bond donors (Lipinski definition) is 0. The molecule has 5 nitrogen and oxygen atoms in total. The number of aromatic nitrogens is 5. The summed E-state index contributed by atoms with van der Waals surface area (Å²) in [5.74, 6) is 0.615. The highest BCUT2D eigenvalue weighted by Crippen LogP contribution is 2.47. The number of fused-ring (bicyclic) bond motifs is 12. The summed E-state index contributed by atoms with van der Waals surface area (Å²) in [7, 11) is 0. The second-order valence-electron chi connectivity index (χ2n) is 12.1. The number of rotatable bonds is 2. The summed E-state index contributed by atoms with van der Waals surface area (Å²) in [5, 5.41) is 10.7. The van der Waals surface area contributed by atoms with Crippen molar-refractivity contribution in [2.45, 2.75) is 0 Å². The van der Waals surface area contributed by atoms with Crippen LogP contribution in [0.2, 0.25) is 0 Å². The predicted molar refractivity (Wildman–Crippen MR) is 189 cm³/mol. The maximum absolute atomic E-state index is 5.34. The molecule has 5 heterocycles. The lowest BCUT2D eigenvalue weighted by atomic mass is 10.0. The normalized spacial score (nSPS) is 12.3. The molecule has 0 saturated heterocycles. The van der Waals surface area contributed by atoms with Gasteiger partial charge in [-0.2, -0.15) is 4.98 Å². The van der Waals surface area contributed by atoms with Crippen molar-refractivity contribution in [3.63, 3.8) is 0 Å². The molecule has 0 radical (unpaired) electrons. The summed E-state index contributed by atoms with van der Waals surface area (Å²) in [6.07, 6.45) is 1.81. The van der Waals surface area contributed by atoms with Crippen molar-refractivity contribution in [3.8, 4) is 17.2 Å². The Morgan fingerprint density at radius 1 is 0.457 bits per heavy atom. The van der Waals surface area contributed by atoms with E-state index in [0.717, 1.165) is 27.7 Å². The van der Waals surface area contributed by atoms with E-state index in [2.05, 4.69) is 130 Å². The SMILES string of the molecule is c1ccc(-c2nc(-n3c4ccccc4c4cc5c6ccccc6n6c7cc8ccccc8cc7c(c43)c56)nc3ncccc23)cc1. The second kappa shape index (κ2) is 8.65. The van der Waals surface area contributed by atoms with E-state index in [1.807, 2.05) is 18.3 Å². The molecular weight excluding hydrogens is 562 g/mol. The van der Waals surface area contributed by atoms with E-state index in [4.69, 9.17) is 15.0 Å². The predicted octanol–water partition coefficient (Wildman–Crippen LogP) is 10.1. The first-order chi connectivity index (χ1) is 22.8. The van der Waals surface area contributed by atoms with Gasteiger partial charge >= 0.3 is 0 Å². The van der Waals surface area contributed by atoms with Crippen LogP contribution in [0.3, 0.4) is 0 Å². The van der Waals surface area contributed by atoms with E-state index in [-0.39, 0.29) is 0 Å². The first-order valence-corrected chi connectivity index (χ1v) is 15.5. The molecule has 0 atom stereocenters. The highest BCUT2D eigenvalue weighted by Gasteiger charge is 2.25. The number of para-hydroxylation sites is 2. The molecular formula is C41H23N5. The van der Waals surface area contributed by atoms with Gasteiger partial charge in [-0.05, 0) is 53.2 Å². The summed E-state index contributed by atoms with van der Waals surface area (Å²) in [4.78, 5) is 15.2. The molecule has 6 aromatic carbocycles. The molecule has 11 rings (SSSR count). The molecule has 0 amide bonds. The Morgan fingerprint density at radius 2 is 1.13 bits per heavy atom. The van der Waals surface area contributed by atoms with Crippen LogP contribution < -0.4 is 0 Å². The van der Waals surface area contributed by atoms with Crippen molar-refractivity contribution in [2.75, 3.05) is 0 Å². The number of benzene rings is 6. The topological polar surface area (TPSA) is 48.0 Å². The highest BCUT2D eigenvalue weighted by molar-refractivity contribution is 6.34. The molecule has 0 saturated carbocycles. The summed E-state index contributed by atoms with van der Waals surface area (Å²) in [6, 6.07) is 47.5. The van der Waals surface area contributed by atoms with Crippen LogP contribution in [0.5, 0.6) is 0 Å². The van der Waals surface area contributed by atoms with Crippen molar-refractivity contribution < 1.29 is 0 Å². The van der Waals surface area contributed by atoms with E-state index in [0.29, 0.717) is 11.6 Å². The Labute approximate surface area is 261 Å². The van der Waals surface area contributed by atoms with Crippen molar-refractivity contribution >= 4 is 81.7 Å². The van der Waals surface area contributed by atoms with Gasteiger partial charge in [-0.1, -0.05) is 91.0 Å². The Morgan fingerprint density at radius 3 is 1.98 bits per heavy atom. The van der Waals surface area contributed by atoms with Gasteiger partial charge in [-0.3, -0.25) is 4.57 Å². The fourth-order valence-corrected chi connectivity index (χ4v) is 7.76. The molecule has 0 aliphatic rings. The van der Waals surface area contributed by atoms with Gasteiger partial charge in [0.05, 0.1) is 33.3 Å². The van der Waals surface area contributed by atoms with Gasteiger partial charge in [0, 0.05) is 49.5 Å². The monoisotopic (exact) mass is 585 g/mol. The van der Waals surface area contributed by atoms with Crippen LogP contribution >= 0.6 is 0 Å². The molecule has 5 heteroatoms. The zero-order valence-electron chi connectivity index (χ0n) is 24.5. The van der Waals surface area contributed by atoms with Gasteiger partial charge in [-0.15, -0.1) is 0 Å². The minimum atomic E-state index is 0.615. The van der Waals surface area contributed by atoms with Crippen LogP contribution in [-0.4, -0.2) is 23.9 Å². The third-order valence-electron chi connectivity index (χ3n) is 9.67. The average Bonchev–Trinajstić information content (AvgIpc) is 3.75. The molecule has 212 valence electrons. The van der Waals surface area contributed by atoms with Crippen LogP contribution in [-0.2, 0) is 0 Å². The first-order valence-electron chi connectivity index (χ1n) is 15.5. The first kappa shape index (κ1) is 24.0. The lowest BCUT2D eigenvalue weighted by molar-refractivity contribution is 1.01. The third kappa shape index (κ3) is 3.01. The zero-order chi connectivity index (χ0) is 29.9. The maximum atomic E-state index is 5.34. The second-order valence-corrected chi connectivity index (χ2v) is 12.1. The molecule has 0 unspecified atom stereocenters. The van der Waals surface area contributed by atoms with Gasteiger partial charge in [0.1, 0.15) is 0 Å². The largest absolute Gasteiger partial charge is 0.308 e. The summed E-state index contributed by atoms with van der Waals surface area (Å²) in [6.45, 7) is 0. The van der Waals surface area contributed by atoms with Gasteiger partial charge in [0.25, 0.3) is 0 Å². The van der Waals surface area contributed by atoms with E-state index >= 15 is 0 Å². The Hall–Kier alpha value is -6.33. The third-order valence-corrected chi connectivity index (χ3v) is 9.67. The number of hydrogen-bond acceptors (Lipinski definition) is 3. The van der Waals surface area contributed by atoms with Crippen LogP contribution in [0.4, 0.5) is 0 Å². The highest BCUT2D eigenvalue weighted by atomic mass is 15.2. The van der Waals surface area contributed by atoms with Crippen molar-refractivity contribution in [1.29, 1.82) is 0 Å². The van der Waals surface area contributed by atoms with Crippen LogP contribution in [0.1, 0.15) is 0 Å². The van der Waals surface area contributed by atoms with E-state index in [1.165, 1.54) is 59.6 Å². The Balaban J connectivity index is 1.41. The molecule has 0 aliphatic heterocycles. The average molecular weight is 586 g/mol. The number of nitrogens with zero attached hydrogens (tertiary/aromatic N) is 5. The maximum Gasteiger partial charge on any atom is 0.237 e. The smallest absolute Gasteiger partial charge is 0.237 e. The van der Waals surface area contributed by atoms with Crippen molar-refractivity contribution in [1.82, 2.24) is 23.9 Å². The van der Waals surface area contributed by atoms with Gasteiger partial charge < -0.3 is 4.40 Å². The lowest BCUT2D eigenvalue weighted by Gasteiger charge is -2.12. The molecule has 46 heavy (non-hydrogen) atoms. The van der Waals surface area contributed by atoms with Crippen molar-refractivity contribution in [2.24, 2.45) is 0 Å². The fraction of sp³-hybridized carbons (Fsp3) is 0. The van der Waals surface area contributed by atoms with E-state index in [1.54, 1.807) is 0 Å². The molecule has 0 aliphatic carbocycles. The molecule has 0 spiro atoms. The van der Waals surface area contributed by atoms with Crippen molar-refractivity contribution in [3.05, 3.63) is 140 Å². The van der Waals surface area contributed by atoms with Crippen LogP contribution in [0.25, 0.3) is 98.9 Å². The summed E-state index contributed by atoms with van der Waals surface area (Å²) >= 11 is 0. The van der Waals surface area contributed by atoms with Gasteiger partial charge in [-0.25, -0.2) is 9.97 Å². The quantitative estimate of drug-likeness (QED) is 0.203. The van der Waals surface area contributed by atoms with Gasteiger partial charge in [0.15, 0.2) is 5.65 Å². The number of pyridine rings is 1. The molecule has 5 aromatic heterocycles. The van der Waals surface area contributed by atoms with Gasteiger partial charge in [0.2, 0.25) is 5.95 Å².